The summed E-state index contributed by atoms with van der Waals surface area (Å²) in [5, 5.41) is 2.71. The van der Waals surface area contributed by atoms with Crippen LogP contribution >= 0.6 is 0 Å². The summed E-state index contributed by atoms with van der Waals surface area (Å²) >= 11 is 0. The van der Waals surface area contributed by atoms with E-state index < -0.39 is 0 Å². The van der Waals surface area contributed by atoms with Crippen molar-refractivity contribution in [2.24, 2.45) is 0 Å². The number of hydrogen-bond acceptors (Lipinski definition) is 0. The zero-order valence-corrected chi connectivity index (χ0v) is 11.5. The molecule has 0 aliphatic rings. The van der Waals surface area contributed by atoms with Crippen LogP contribution in [0.25, 0.3) is 21.8 Å². The van der Waals surface area contributed by atoms with Crippen LogP contribution in [0.1, 0.15) is 26.3 Å². The molecule has 0 saturated carbocycles. The molecule has 0 unspecified atom stereocenters. The molecule has 0 aliphatic heterocycles. The Morgan fingerprint density at radius 2 is 1.50 bits per heavy atom. The van der Waals surface area contributed by atoms with E-state index in [9.17, 15) is 0 Å². The van der Waals surface area contributed by atoms with Gasteiger partial charge in [0.25, 0.3) is 0 Å². The van der Waals surface area contributed by atoms with E-state index in [-0.39, 0.29) is 5.54 Å². The van der Waals surface area contributed by atoms with Crippen LogP contribution in [-0.4, -0.2) is 4.57 Å². The van der Waals surface area contributed by atoms with E-state index in [1.165, 1.54) is 27.4 Å². The molecule has 18 heavy (non-hydrogen) atoms. The normalized spacial score (nSPS) is 12.4. The standard InChI is InChI=1S/C17H19N/c1-12-9-10-16-14(11-12)13-7-5-6-8-15(13)18(16)17(2,3)4/h5-11H,1-4H3. The fraction of sp³-hybridized carbons (Fsp3) is 0.294. The molecule has 1 aromatic heterocycles. The summed E-state index contributed by atoms with van der Waals surface area (Å²) < 4.78 is 2.44. The molecular formula is C17H19N. The molecule has 1 heteroatoms. The van der Waals surface area contributed by atoms with Gasteiger partial charge in [-0.2, -0.15) is 0 Å². The van der Waals surface area contributed by atoms with E-state index in [2.05, 4.69) is 74.7 Å². The summed E-state index contributed by atoms with van der Waals surface area (Å²) in [6, 6.07) is 15.4. The summed E-state index contributed by atoms with van der Waals surface area (Å²) in [5.74, 6) is 0. The first-order chi connectivity index (χ1) is 8.48. The first-order valence-electron chi connectivity index (χ1n) is 6.49. The number of benzene rings is 2. The number of rotatable bonds is 0. The highest BCUT2D eigenvalue weighted by atomic mass is 15.0. The second-order valence-corrected chi connectivity index (χ2v) is 6.04. The van der Waals surface area contributed by atoms with Crippen LogP contribution in [0.15, 0.2) is 42.5 Å². The summed E-state index contributed by atoms with van der Waals surface area (Å²) in [6.45, 7) is 8.94. The van der Waals surface area contributed by atoms with E-state index in [1.807, 2.05) is 0 Å². The van der Waals surface area contributed by atoms with Gasteiger partial charge in [-0.05, 0) is 45.9 Å². The van der Waals surface area contributed by atoms with Crippen LogP contribution in [0.3, 0.4) is 0 Å². The van der Waals surface area contributed by atoms with Crippen LogP contribution in [0.5, 0.6) is 0 Å². The maximum atomic E-state index is 2.44. The minimum atomic E-state index is 0.0939. The Morgan fingerprint density at radius 3 is 2.22 bits per heavy atom. The van der Waals surface area contributed by atoms with Gasteiger partial charge >= 0.3 is 0 Å². The first-order valence-corrected chi connectivity index (χ1v) is 6.49. The van der Waals surface area contributed by atoms with Crippen LogP contribution < -0.4 is 0 Å². The van der Waals surface area contributed by atoms with Crippen molar-refractivity contribution in [2.75, 3.05) is 0 Å². The Morgan fingerprint density at radius 1 is 0.833 bits per heavy atom. The van der Waals surface area contributed by atoms with Gasteiger partial charge in [0.2, 0.25) is 0 Å². The van der Waals surface area contributed by atoms with Gasteiger partial charge in [-0.3, -0.25) is 0 Å². The summed E-state index contributed by atoms with van der Waals surface area (Å²) in [7, 11) is 0. The fourth-order valence-electron chi connectivity index (χ4n) is 2.81. The number of aryl methyl sites for hydroxylation is 1. The number of aromatic nitrogens is 1. The molecule has 0 amide bonds. The summed E-state index contributed by atoms with van der Waals surface area (Å²) in [6.07, 6.45) is 0. The van der Waals surface area contributed by atoms with Crippen molar-refractivity contribution in [3.63, 3.8) is 0 Å². The number of para-hydroxylation sites is 1. The second-order valence-electron chi connectivity index (χ2n) is 6.04. The molecule has 1 heterocycles. The molecule has 0 aliphatic carbocycles. The van der Waals surface area contributed by atoms with Crippen LogP contribution in [0.4, 0.5) is 0 Å². The van der Waals surface area contributed by atoms with E-state index in [0.29, 0.717) is 0 Å². The Bertz CT molecular complexity index is 726. The lowest BCUT2D eigenvalue weighted by molar-refractivity contribution is 0.423. The van der Waals surface area contributed by atoms with Gasteiger partial charge in [0.05, 0.1) is 0 Å². The average molecular weight is 237 g/mol. The Labute approximate surface area is 108 Å². The highest BCUT2D eigenvalue weighted by Crippen LogP contribution is 2.34. The van der Waals surface area contributed by atoms with Crippen LogP contribution in [0, 0.1) is 6.92 Å². The minimum Gasteiger partial charge on any atom is -0.335 e. The smallest absolute Gasteiger partial charge is 0.0496 e. The van der Waals surface area contributed by atoms with E-state index in [0.717, 1.165) is 0 Å². The van der Waals surface area contributed by atoms with Crippen molar-refractivity contribution in [3.8, 4) is 0 Å². The number of nitrogens with zero attached hydrogens (tertiary/aromatic N) is 1. The van der Waals surface area contributed by atoms with E-state index in [4.69, 9.17) is 0 Å². The molecular weight excluding hydrogens is 218 g/mol. The minimum absolute atomic E-state index is 0.0939. The molecule has 0 atom stereocenters. The molecule has 3 rings (SSSR count). The molecule has 0 spiro atoms. The monoisotopic (exact) mass is 237 g/mol. The zero-order valence-electron chi connectivity index (χ0n) is 11.5. The van der Waals surface area contributed by atoms with Crippen molar-refractivity contribution >= 4 is 21.8 Å². The van der Waals surface area contributed by atoms with Gasteiger partial charge in [0, 0.05) is 27.3 Å². The molecule has 0 radical (unpaired) electrons. The maximum absolute atomic E-state index is 2.44. The average Bonchev–Trinajstić information content (AvgIpc) is 2.62. The molecule has 0 saturated heterocycles. The third kappa shape index (κ3) is 1.54. The van der Waals surface area contributed by atoms with Gasteiger partial charge < -0.3 is 4.57 Å². The highest BCUT2D eigenvalue weighted by molar-refractivity contribution is 6.08. The van der Waals surface area contributed by atoms with Gasteiger partial charge in [-0.15, -0.1) is 0 Å². The number of hydrogen-bond donors (Lipinski definition) is 0. The number of fused-ring (bicyclic) bond motifs is 3. The SMILES string of the molecule is Cc1ccc2c(c1)c1ccccc1n2C(C)(C)C. The molecule has 0 fully saturated rings. The van der Waals surface area contributed by atoms with Gasteiger partial charge in [0.15, 0.2) is 0 Å². The molecule has 2 aromatic carbocycles. The Balaban J connectivity index is 2.58. The topological polar surface area (TPSA) is 4.93 Å². The van der Waals surface area contributed by atoms with Crippen molar-refractivity contribution < 1.29 is 0 Å². The van der Waals surface area contributed by atoms with Crippen LogP contribution in [0.2, 0.25) is 0 Å². The quantitative estimate of drug-likeness (QED) is 0.526. The fourth-order valence-corrected chi connectivity index (χ4v) is 2.81. The van der Waals surface area contributed by atoms with Crippen molar-refractivity contribution in [1.29, 1.82) is 0 Å². The van der Waals surface area contributed by atoms with Gasteiger partial charge in [-0.1, -0.05) is 29.8 Å². The summed E-state index contributed by atoms with van der Waals surface area (Å²) in [4.78, 5) is 0. The zero-order chi connectivity index (χ0) is 12.9. The predicted octanol–water partition coefficient (Wildman–Crippen LogP) is 4.86. The second kappa shape index (κ2) is 3.61. The largest absolute Gasteiger partial charge is 0.335 e. The van der Waals surface area contributed by atoms with Crippen molar-refractivity contribution in [3.05, 3.63) is 48.0 Å². The Kier molecular flexibility index (Phi) is 2.28. The molecule has 1 nitrogen and oxygen atoms in total. The van der Waals surface area contributed by atoms with Crippen LogP contribution in [-0.2, 0) is 5.54 Å². The molecule has 3 aromatic rings. The van der Waals surface area contributed by atoms with E-state index >= 15 is 0 Å². The lowest BCUT2D eigenvalue weighted by Crippen LogP contribution is -2.21. The third-order valence-electron chi connectivity index (χ3n) is 3.50. The van der Waals surface area contributed by atoms with Crippen molar-refractivity contribution in [1.82, 2.24) is 4.57 Å². The Hall–Kier alpha value is -1.76. The molecule has 0 bridgehead atoms. The maximum Gasteiger partial charge on any atom is 0.0496 e. The van der Waals surface area contributed by atoms with E-state index in [1.54, 1.807) is 0 Å². The highest BCUT2D eigenvalue weighted by Gasteiger charge is 2.19. The van der Waals surface area contributed by atoms with Crippen molar-refractivity contribution in [2.45, 2.75) is 33.2 Å². The lowest BCUT2D eigenvalue weighted by atomic mass is 10.1. The molecule has 92 valence electrons. The lowest BCUT2D eigenvalue weighted by Gasteiger charge is -2.24. The third-order valence-corrected chi connectivity index (χ3v) is 3.50. The molecule has 0 N–H and O–H groups in total. The predicted molar refractivity (Wildman–Crippen MR) is 79.2 cm³/mol. The first kappa shape index (κ1) is 11.3. The summed E-state index contributed by atoms with van der Waals surface area (Å²) in [5.41, 5.74) is 4.07. The van der Waals surface area contributed by atoms with Gasteiger partial charge in [-0.25, -0.2) is 0 Å². The van der Waals surface area contributed by atoms with Gasteiger partial charge in [0.1, 0.15) is 0 Å².